The van der Waals surface area contributed by atoms with Gasteiger partial charge in [0.1, 0.15) is 0 Å². The molecule has 104 valence electrons. The molecule has 0 bridgehead atoms. The molecular weight excluding hydrogens is 429 g/mol. The second kappa shape index (κ2) is 5.91. The van der Waals surface area contributed by atoms with E-state index in [1.165, 1.54) is 0 Å². The van der Waals surface area contributed by atoms with Crippen LogP contribution in [0.1, 0.15) is 22.5 Å². The number of alkyl halides is 4. The second-order valence-corrected chi connectivity index (χ2v) is 7.37. The van der Waals surface area contributed by atoms with Gasteiger partial charge in [0.15, 0.2) is 5.78 Å². The Morgan fingerprint density at radius 3 is 2.74 bits per heavy atom. The smallest absolute Gasteiger partial charge is 0.292 e. The molecule has 0 aromatic carbocycles. The maximum atomic E-state index is 12.6. The fourth-order valence-electron chi connectivity index (χ4n) is 1.73. The summed E-state index contributed by atoms with van der Waals surface area (Å²) < 4.78 is 39.5. The normalized spacial score (nSPS) is 15.1. The van der Waals surface area contributed by atoms with E-state index < -0.39 is 5.51 Å². The molecule has 0 radical (unpaired) electrons. The largest absolute Gasteiger partial charge is 0.446 e. The zero-order chi connectivity index (χ0) is 14.2. The highest BCUT2D eigenvalue weighted by molar-refractivity contribution is 9.14. The number of thioether (sulfide) groups is 1. The van der Waals surface area contributed by atoms with E-state index in [1.54, 1.807) is 6.08 Å². The quantitative estimate of drug-likeness (QED) is 0.405. The summed E-state index contributed by atoms with van der Waals surface area (Å²) in [6, 6.07) is 0. The topological polar surface area (TPSA) is 17.1 Å². The molecule has 0 unspecified atom stereocenters. The molecule has 0 aliphatic heterocycles. The van der Waals surface area contributed by atoms with Crippen LogP contribution >= 0.6 is 55.0 Å². The Labute approximate surface area is 132 Å². The lowest BCUT2D eigenvalue weighted by molar-refractivity contribution is -0.0328. The summed E-state index contributed by atoms with van der Waals surface area (Å²) in [6.07, 6.45) is 3.21. The van der Waals surface area contributed by atoms with E-state index in [9.17, 15) is 18.0 Å². The fraction of sp³-hybridized carbons (Fsp3) is 0.364. The molecular formula is C11H7Br2F3OS2. The third-order valence-electron chi connectivity index (χ3n) is 2.45. The van der Waals surface area contributed by atoms with Gasteiger partial charge in [0.25, 0.3) is 0 Å². The van der Waals surface area contributed by atoms with Gasteiger partial charge >= 0.3 is 5.51 Å². The summed E-state index contributed by atoms with van der Waals surface area (Å²) in [5.74, 6) is -0.320. The van der Waals surface area contributed by atoms with Crippen molar-refractivity contribution < 1.29 is 18.0 Å². The van der Waals surface area contributed by atoms with Crippen LogP contribution in [-0.4, -0.2) is 16.6 Å². The number of carbonyl (C=O) groups is 1. The molecule has 1 aromatic heterocycles. The lowest BCUT2D eigenvalue weighted by Crippen LogP contribution is -2.25. The highest BCUT2D eigenvalue weighted by Crippen LogP contribution is 2.38. The van der Waals surface area contributed by atoms with Gasteiger partial charge in [-0.25, -0.2) is 0 Å². The molecule has 0 atom stereocenters. The first-order chi connectivity index (χ1) is 8.83. The van der Waals surface area contributed by atoms with Gasteiger partial charge in [-0.3, -0.25) is 4.79 Å². The zero-order valence-electron chi connectivity index (χ0n) is 9.31. The number of fused-ring (bicyclic) bond motifs is 1. The molecule has 0 fully saturated rings. The van der Waals surface area contributed by atoms with Crippen molar-refractivity contribution in [3.8, 4) is 0 Å². The first kappa shape index (κ1) is 15.6. The van der Waals surface area contributed by atoms with Gasteiger partial charge in [-0.2, -0.15) is 13.2 Å². The monoisotopic (exact) mass is 434 g/mol. The average Bonchev–Trinajstić information content (AvgIpc) is 2.67. The number of halogens is 5. The SMILES string of the molecule is O=C(CBr)c1sc2c(c1SC(F)(F)F)=CCCC=2Br. The average molecular weight is 436 g/mol. The Hall–Kier alpha value is 0.210. The second-order valence-electron chi connectivity index (χ2n) is 3.76. The molecule has 1 heterocycles. The lowest BCUT2D eigenvalue weighted by atomic mass is 10.2. The number of hydrogen-bond acceptors (Lipinski definition) is 3. The van der Waals surface area contributed by atoms with Gasteiger partial charge in [-0.1, -0.05) is 37.9 Å². The van der Waals surface area contributed by atoms with E-state index in [2.05, 4.69) is 31.9 Å². The summed E-state index contributed by atoms with van der Waals surface area (Å²) in [5.41, 5.74) is -4.39. The number of Topliss-reactive ketones (excluding diaryl/α,β-unsaturated/α-hetero) is 1. The van der Waals surface area contributed by atoms with Crippen LogP contribution in [0.15, 0.2) is 4.90 Å². The maximum Gasteiger partial charge on any atom is 0.446 e. The summed E-state index contributed by atoms with van der Waals surface area (Å²) in [4.78, 5) is 12.0. The van der Waals surface area contributed by atoms with Crippen LogP contribution in [0, 0.1) is 0 Å². The van der Waals surface area contributed by atoms with E-state index in [-0.39, 0.29) is 32.6 Å². The Morgan fingerprint density at radius 1 is 1.47 bits per heavy atom. The van der Waals surface area contributed by atoms with Crippen LogP contribution in [-0.2, 0) is 0 Å². The standard InChI is InChI=1S/C11H7Br2F3OS2/c12-4-7(17)10-9(19-11(14,15)16)5-2-1-3-6(13)8(5)18-10/h2H,1,3-4H2. The van der Waals surface area contributed by atoms with Crippen molar-refractivity contribution in [1.29, 1.82) is 0 Å². The zero-order valence-corrected chi connectivity index (χ0v) is 14.1. The lowest BCUT2D eigenvalue weighted by Gasteiger charge is -2.06. The van der Waals surface area contributed by atoms with Crippen molar-refractivity contribution >= 4 is 71.3 Å². The molecule has 8 heteroatoms. The Kier molecular flexibility index (Phi) is 4.85. The Bertz CT molecular complexity index is 634. The van der Waals surface area contributed by atoms with Gasteiger partial charge in [0.05, 0.1) is 10.2 Å². The highest BCUT2D eigenvalue weighted by Gasteiger charge is 2.33. The van der Waals surface area contributed by atoms with E-state index in [0.29, 0.717) is 11.6 Å². The van der Waals surface area contributed by atoms with Crippen LogP contribution in [0.2, 0.25) is 0 Å². The van der Waals surface area contributed by atoms with Gasteiger partial charge in [0, 0.05) is 19.1 Å². The van der Waals surface area contributed by atoms with E-state index in [0.717, 1.165) is 26.8 Å². The summed E-state index contributed by atoms with van der Waals surface area (Å²) in [6.45, 7) is 0. The molecule has 0 saturated heterocycles. The predicted octanol–water partition coefficient (Wildman–Crippen LogP) is 4.02. The van der Waals surface area contributed by atoms with E-state index in [1.807, 2.05) is 0 Å². The van der Waals surface area contributed by atoms with Crippen molar-refractivity contribution in [2.45, 2.75) is 23.2 Å². The third kappa shape index (κ3) is 3.46. The van der Waals surface area contributed by atoms with Crippen LogP contribution in [0.5, 0.6) is 0 Å². The molecule has 2 rings (SSSR count). The minimum Gasteiger partial charge on any atom is -0.292 e. The van der Waals surface area contributed by atoms with Crippen LogP contribution in [0.25, 0.3) is 10.6 Å². The number of rotatable bonds is 3. The van der Waals surface area contributed by atoms with E-state index >= 15 is 0 Å². The highest BCUT2D eigenvalue weighted by atomic mass is 79.9. The minimum absolute atomic E-state index is 0.0232. The third-order valence-corrected chi connectivity index (χ3v) is 6.31. The molecule has 1 aliphatic rings. The van der Waals surface area contributed by atoms with Crippen molar-refractivity contribution in [1.82, 2.24) is 0 Å². The Balaban J connectivity index is 2.69. The maximum absolute atomic E-state index is 12.6. The molecule has 0 spiro atoms. The van der Waals surface area contributed by atoms with Gasteiger partial charge in [0.2, 0.25) is 0 Å². The van der Waals surface area contributed by atoms with Crippen LogP contribution in [0.3, 0.4) is 0 Å². The fourth-order valence-corrected chi connectivity index (χ4v) is 5.03. The first-order valence-electron chi connectivity index (χ1n) is 5.20. The molecule has 1 nitrogen and oxygen atoms in total. The van der Waals surface area contributed by atoms with Gasteiger partial charge in [-0.15, -0.1) is 11.3 Å². The first-order valence-corrected chi connectivity index (χ1v) is 8.75. The number of hydrogen-bond donors (Lipinski definition) is 0. The number of ketones is 1. The predicted molar refractivity (Wildman–Crippen MR) is 79.6 cm³/mol. The van der Waals surface area contributed by atoms with Crippen LogP contribution in [0.4, 0.5) is 13.2 Å². The van der Waals surface area contributed by atoms with Crippen molar-refractivity contribution in [2.24, 2.45) is 0 Å². The molecule has 0 N–H and O–H groups in total. The number of thiophene rings is 1. The molecule has 0 amide bonds. The molecule has 1 aliphatic carbocycles. The summed E-state index contributed by atoms with van der Waals surface area (Å²) >= 11 is 7.32. The van der Waals surface area contributed by atoms with Gasteiger partial charge < -0.3 is 0 Å². The van der Waals surface area contributed by atoms with E-state index in [4.69, 9.17) is 0 Å². The number of carbonyl (C=O) groups excluding carboxylic acids is 1. The van der Waals surface area contributed by atoms with Crippen molar-refractivity contribution in [2.75, 3.05) is 5.33 Å². The van der Waals surface area contributed by atoms with Crippen molar-refractivity contribution in [3.05, 3.63) is 14.6 Å². The van der Waals surface area contributed by atoms with Crippen LogP contribution < -0.4 is 9.75 Å². The summed E-state index contributed by atoms with van der Waals surface area (Å²) in [7, 11) is 0. The molecule has 19 heavy (non-hydrogen) atoms. The minimum atomic E-state index is -4.39. The molecule has 0 saturated carbocycles. The molecule has 1 aromatic rings. The Morgan fingerprint density at radius 2 is 2.16 bits per heavy atom. The summed E-state index contributed by atoms with van der Waals surface area (Å²) in [5, 5.41) is 0.560. The van der Waals surface area contributed by atoms with Crippen molar-refractivity contribution in [3.63, 3.8) is 0 Å². The van der Waals surface area contributed by atoms with Gasteiger partial charge in [-0.05, 0) is 24.6 Å².